The van der Waals surface area contributed by atoms with E-state index in [1.165, 1.54) is 24.5 Å². The molecule has 0 heterocycles. The predicted octanol–water partition coefficient (Wildman–Crippen LogP) is 6.90. The van der Waals surface area contributed by atoms with E-state index in [0.29, 0.717) is 0 Å². The molecule has 0 aliphatic heterocycles. The normalized spacial score (nSPS) is 12.0. The van der Waals surface area contributed by atoms with Crippen molar-refractivity contribution < 1.29 is 25.7 Å². The van der Waals surface area contributed by atoms with Crippen molar-refractivity contribution in [3.8, 4) is 0 Å². The average Bonchev–Trinajstić information content (AvgIpc) is 2.76. The van der Waals surface area contributed by atoms with Crippen LogP contribution in [0.1, 0.15) is 0 Å². The molecule has 0 atom stereocenters. The van der Waals surface area contributed by atoms with Crippen molar-refractivity contribution >= 4 is 30.8 Å². The van der Waals surface area contributed by atoms with Crippen LogP contribution in [0.3, 0.4) is 0 Å². The van der Waals surface area contributed by atoms with E-state index in [4.69, 9.17) is 0 Å². The molecule has 0 N–H and O–H groups in total. The van der Waals surface area contributed by atoms with Gasteiger partial charge in [0.25, 0.3) is 0 Å². The average molecular weight is 517 g/mol. The molecule has 4 rings (SSSR count). The van der Waals surface area contributed by atoms with Gasteiger partial charge >= 0.3 is 29.1 Å². The summed E-state index contributed by atoms with van der Waals surface area (Å²) in [5, 5.41) is 0. The molecule has 0 saturated heterocycles. The van der Waals surface area contributed by atoms with Gasteiger partial charge in [-0.1, -0.05) is 66.4 Å². The van der Waals surface area contributed by atoms with E-state index < -0.39 is 8.16 Å². The third kappa shape index (κ3) is 9.95. The molecule has 174 valence electrons. The first-order valence-corrected chi connectivity index (χ1v) is 13.2. The molecule has 0 fully saturated rings. The largest absolute Gasteiger partial charge is 1.00 e. The Morgan fingerprint density at radius 1 is 0.455 bits per heavy atom. The molecule has 0 aliphatic carbocycles. The van der Waals surface area contributed by atoms with Gasteiger partial charge in [0.05, 0.1) is 10.9 Å². The number of halogens is 6. The SMILES string of the molecule is FP(F)(F)(F)F.[F-].c1ccc(Sc2ccc([S+](c3ccccc3)c3ccccc3)cc2)cc1. The Morgan fingerprint density at radius 2 is 0.758 bits per heavy atom. The maximum Gasteiger partial charge on any atom is 0.166 e. The minimum Gasteiger partial charge on any atom is -1.00 e. The molecule has 0 spiro atoms. The Hall–Kier alpha value is -2.41. The molecular weight excluding hydrogens is 497 g/mol. The van der Waals surface area contributed by atoms with Crippen molar-refractivity contribution in [1.29, 1.82) is 0 Å². The summed E-state index contributed by atoms with van der Waals surface area (Å²) in [6.07, 6.45) is 0. The van der Waals surface area contributed by atoms with Crippen LogP contribution in [0.4, 0.5) is 21.0 Å². The van der Waals surface area contributed by atoms with E-state index >= 15 is 0 Å². The predicted molar refractivity (Wildman–Crippen MR) is 125 cm³/mol. The Balaban J connectivity index is 0.000000491. The summed E-state index contributed by atoms with van der Waals surface area (Å²) >= 11 is 1.80. The molecule has 0 nitrogen and oxygen atoms in total. The molecule has 0 aromatic heterocycles. The molecule has 0 bridgehead atoms. The van der Waals surface area contributed by atoms with Crippen LogP contribution in [0.5, 0.6) is 0 Å². The topological polar surface area (TPSA) is 0 Å². The second kappa shape index (κ2) is 11.6. The zero-order valence-corrected chi connectivity index (χ0v) is 19.5. The van der Waals surface area contributed by atoms with Crippen molar-refractivity contribution in [1.82, 2.24) is 0 Å². The van der Waals surface area contributed by atoms with Gasteiger partial charge in [-0.15, -0.1) is 0 Å². The van der Waals surface area contributed by atoms with Crippen molar-refractivity contribution in [2.45, 2.75) is 24.5 Å². The van der Waals surface area contributed by atoms with E-state index in [9.17, 15) is 21.0 Å². The second-order valence-corrected chi connectivity index (χ2v) is 10.9. The van der Waals surface area contributed by atoms with Crippen LogP contribution in [-0.2, 0) is 10.9 Å². The van der Waals surface area contributed by atoms with E-state index in [1.54, 1.807) is 11.8 Å². The number of hydrogen-bond acceptors (Lipinski definition) is 1. The summed E-state index contributed by atoms with van der Waals surface area (Å²) in [4.78, 5) is 6.58. The first kappa shape index (κ1) is 26.8. The summed E-state index contributed by atoms with van der Waals surface area (Å²) in [5.74, 6) is 0. The molecule has 0 saturated carbocycles. The standard InChI is InChI=1S/C24H19S2.F5P.FH/c1-4-10-20(11-5-1)25-21-16-18-24(19-17-21)26(22-12-6-2-7-13-22)23-14-8-3-9-15-23;1-6(2,3,4)5;/h1-19H;;1H/q+1;;/p-1. The van der Waals surface area contributed by atoms with E-state index in [2.05, 4.69) is 115 Å². The van der Waals surface area contributed by atoms with Crippen LogP contribution in [-0.4, -0.2) is 0 Å². The van der Waals surface area contributed by atoms with Crippen LogP contribution < -0.4 is 4.70 Å². The molecule has 0 radical (unpaired) electrons. The van der Waals surface area contributed by atoms with E-state index in [0.717, 1.165) is 0 Å². The second-order valence-electron chi connectivity index (χ2n) is 6.46. The molecule has 0 amide bonds. The molecule has 9 heteroatoms. The monoisotopic (exact) mass is 516 g/mol. The Bertz CT molecular complexity index is 1050. The quantitative estimate of drug-likeness (QED) is 0.158. The Kier molecular flexibility index (Phi) is 9.46. The van der Waals surface area contributed by atoms with E-state index in [1.807, 2.05) is 0 Å². The summed E-state index contributed by atoms with van der Waals surface area (Å²) < 4.78 is 49.2. The fourth-order valence-corrected chi connectivity index (χ4v) is 5.71. The van der Waals surface area contributed by atoms with Gasteiger partial charge in [-0.05, 0) is 60.7 Å². The van der Waals surface area contributed by atoms with E-state index in [-0.39, 0.29) is 15.6 Å². The van der Waals surface area contributed by atoms with Crippen molar-refractivity contribution in [3.63, 3.8) is 0 Å². The minimum atomic E-state index is -8.55. The van der Waals surface area contributed by atoms with Gasteiger partial charge in [-0.3, -0.25) is 0 Å². The molecule has 4 aromatic rings. The summed E-state index contributed by atoms with van der Waals surface area (Å²) in [6, 6.07) is 41.1. The third-order valence-corrected chi connectivity index (χ3v) is 7.24. The Morgan fingerprint density at radius 3 is 1.15 bits per heavy atom. The molecule has 0 aliphatic rings. The fraction of sp³-hybridized carbons (Fsp3) is 0. The zero-order chi connectivity index (χ0) is 23.1. The first-order chi connectivity index (χ1) is 15.1. The van der Waals surface area contributed by atoms with Gasteiger partial charge in [0.15, 0.2) is 14.7 Å². The fourth-order valence-electron chi connectivity index (χ4n) is 2.79. The number of hydrogen-bond donors (Lipinski definition) is 0. The van der Waals surface area contributed by atoms with Crippen molar-refractivity contribution in [2.24, 2.45) is 0 Å². The number of rotatable bonds is 5. The van der Waals surface area contributed by atoms with Gasteiger partial charge < -0.3 is 4.70 Å². The molecular formula is C24H19F6PS2. The first-order valence-electron chi connectivity index (χ1n) is 9.42. The zero-order valence-electron chi connectivity index (χ0n) is 17.0. The van der Waals surface area contributed by atoms with Crippen LogP contribution >= 0.6 is 19.9 Å². The smallest absolute Gasteiger partial charge is 0.166 e. The van der Waals surface area contributed by atoms with Crippen molar-refractivity contribution in [3.05, 3.63) is 115 Å². The molecule has 33 heavy (non-hydrogen) atoms. The maximum atomic E-state index is 9.84. The van der Waals surface area contributed by atoms with Crippen LogP contribution in [0.2, 0.25) is 0 Å². The van der Waals surface area contributed by atoms with Gasteiger partial charge in [-0.25, -0.2) is 0 Å². The van der Waals surface area contributed by atoms with Gasteiger partial charge in [0.1, 0.15) is 0 Å². The summed E-state index contributed by atoms with van der Waals surface area (Å²) in [6.45, 7) is 0. The van der Waals surface area contributed by atoms with Gasteiger partial charge in [-0.2, -0.15) is 0 Å². The minimum absolute atomic E-state index is 0. The third-order valence-electron chi connectivity index (χ3n) is 4.00. The Labute approximate surface area is 196 Å². The maximum absolute atomic E-state index is 9.84. The van der Waals surface area contributed by atoms with Crippen LogP contribution in [0.25, 0.3) is 0 Å². The molecule has 4 aromatic carbocycles. The summed E-state index contributed by atoms with van der Waals surface area (Å²) in [7, 11) is -8.63. The van der Waals surface area contributed by atoms with Crippen molar-refractivity contribution in [2.75, 3.05) is 0 Å². The van der Waals surface area contributed by atoms with Gasteiger partial charge in [0, 0.05) is 9.79 Å². The van der Waals surface area contributed by atoms with Gasteiger partial charge in [0.2, 0.25) is 0 Å². The number of benzene rings is 4. The van der Waals surface area contributed by atoms with Crippen LogP contribution in [0, 0.1) is 0 Å². The summed E-state index contributed by atoms with van der Waals surface area (Å²) in [5.41, 5.74) is 0. The van der Waals surface area contributed by atoms with Crippen LogP contribution in [0.15, 0.2) is 140 Å². The molecule has 0 unspecified atom stereocenters.